The van der Waals surface area contributed by atoms with E-state index in [9.17, 15) is 9.59 Å². The highest BCUT2D eigenvalue weighted by Crippen LogP contribution is 2.36. The van der Waals surface area contributed by atoms with Crippen LogP contribution in [-0.4, -0.2) is 23.3 Å². The summed E-state index contributed by atoms with van der Waals surface area (Å²) in [4.78, 5) is 30.8. The number of rotatable bonds is 2. The highest BCUT2D eigenvalue weighted by molar-refractivity contribution is 6.30. The third-order valence-corrected chi connectivity index (χ3v) is 5.41. The lowest BCUT2D eigenvalue weighted by molar-refractivity contribution is -0.119. The summed E-state index contributed by atoms with van der Waals surface area (Å²) >= 11 is 6.06. The van der Waals surface area contributed by atoms with Crippen LogP contribution in [0.1, 0.15) is 52.9 Å². The Labute approximate surface area is 157 Å². The Hall–Kier alpha value is -2.40. The summed E-state index contributed by atoms with van der Waals surface area (Å²) in [6.45, 7) is 2.14. The van der Waals surface area contributed by atoms with Crippen LogP contribution >= 0.6 is 11.6 Å². The minimum atomic E-state index is -0.0480. The van der Waals surface area contributed by atoms with Crippen LogP contribution in [0.4, 0.5) is 5.69 Å². The van der Waals surface area contributed by atoms with Crippen LogP contribution in [-0.2, 0) is 17.6 Å². The van der Waals surface area contributed by atoms with E-state index < -0.39 is 0 Å². The van der Waals surface area contributed by atoms with E-state index in [0.717, 1.165) is 48.1 Å². The quantitative estimate of drug-likeness (QED) is 0.881. The second-order valence-electron chi connectivity index (χ2n) is 6.88. The molecule has 2 amide bonds. The van der Waals surface area contributed by atoms with Gasteiger partial charge >= 0.3 is 0 Å². The summed E-state index contributed by atoms with van der Waals surface area (Å²) in [6, 6.07) is 5.40. The molecule has 26 heavy (non-hydrogen) atoms. The van der Waals surface area contributed by atoms with Gasteiger partial charge in [-0.15, -0.1) is 0 Å². The summed E-state index contributed by atoms with van der Waals surface area (Å²) in [5, 5.41) is 3.66. The third-order valence-electron chi connectivity index (χ3n) is 5.18. The molecule has 5 nitrogen and oxygen atoms in total. The zero-order valence-electron chi connectivity index (χ0n) is 14.6. The topological polar surface area (TPSA) is 62.3 Å². The molecule has 2 heterocycles. The number of fused-ring (bicyclic) bond motifs is 2. The average molecular weight is 370 g/mol. The van der Waals surface area contributed by atoms with Gasteiger partial charge in [0, 0.05) is 30.3 Å². The Morgan fingerprint density at radius 1 is 1.31 bits per heavy atom. The van der Waals surface area contributed by atoms with Crippen molar-refractivity contribution in [1.29, 1.82) is 0 Å². The van der Waals surface area contributed by atoms with Crippen LogP contribution in [0.25, 0.3) is 0 Å². The van der Waals surface area contributed by atoms with Crippen LogP contribution < -0.4 is 10.2 Å². The van der Waals surface area contributed by atoms with E-state index in [0.29, 0.717) is 17.1 Å². The molecule has 1 aromatic heterocycles. The molecule has 0 bridgehead atoms. The number of hydrogen-bond donors (Lipinski definition) is 1. The van der Waals surface area contributed by atoms with E-state index in [1.165, 1.54) is 6.92 Å². The van der Waals surface area contributed by atoms with Crippen molar-refractivity contribution >= 4 is 29.1 Å². The van der Waals surface area contributed by atoms with E-state index in [-0.39, 0.29) is 17.9 Å². The van der Waals surface area contributed by atoms with Gasteiger partial charge in [0.1, 0.15) is 0 Å². The molecule has 0 saturated carbocycles. The molecule has 2 aromatic rings. The Balaban J connectivity index is 1.72. The largest absolute Gasteiger partial charge is 0.349 e. The van der Waals surface area contributed by atoms with Crippen molar-refractivity contribution in [1.82, 2.24) is 10.3 Å². The van der Waals surface area contributed by atoms with Crippen molar-refractivity contribution in [2.24, 2.45) is 0 Å². The molecule has 2 aliphatic rings. The molecule has 1 aromatic carbocycles. The molecule has 0 saturated heterocycles. The maximum Gasteiger partial charge on any atom is 0.258 e. The molecule has 0 fully saturated rings. The Morgan fingerprint density at radius 2 is 2.15 bits per heavy atom. The van der Waals surface area contributed by atoms with E-state index in [4.69, 9.17) is 11.6 Å². The zero-order valence-corrected chi connectivity index (χ0v) is 15.3. The number of halogens is 1. The number of hydrogen-bond acceptors (Lipinski definition) is 3. The van der Waals surface area contributed by atoms with Crippen LogP contribution in [0.5, 0.6) is 0 Å². The van der Waals surface area contributed by atoms with Gasteiger partial charge in [0.25, 0.3) is 5.91 Å². The zero-order chi connectivity index (χ0) is 18.3. The SMILES string of the molecule is CC(=O)N[C@@H]1CCCc2c1cncc2N1CCc2cc(Cl)ccc2C1=O. The predicted octanol–water partition coefficient (Wildman–Crippen LogP) is 3.45. The number of carbonyl (C=O) groups excluding carboxylic acids is 2. The first-order valence-electron chi connectivity index (χ1n) is 8.89. The number of amides is 2. The number of nitrogens with one attached hydrogen (secondary N) is 1. The van der Waals surface area contributed by atoms with Crippen LogP contribution in [0, 0.1) is 0 Å². The summed E-state index contributed by atoms with van der Waals surface area (Å²) in [6.07, 6.45) is 7.12. The van der Waals surface area contributed by atoms with E-state index >= 15 is 0 Å². The van der Waals surface area contributed by atoms with Crippen molar-refractivity contribution in [2.45, 2.75) is 38.6 Å². The average Bonchev–Trinajstić information content (AvgIpc) is 2.61. The number of aromatic nitrogens is 1. The van der Waals surface area contributed by atoms with Crippen molar-refractivity contribution in [3.63, 3.8) is 0 Å². The van der Waals surface area contributed by atoms with Gasteiger partial charge in [0.2, 0.25) is 5.91 Å². The molecule has 1 atom stereocenters. The van der Waals surface area contributed by atoms with E-state index in [1.807, 2.05) is 17.2 Å². The predicted molar refractivity (Wildman–Crippen MR) is 101 cm³/mol. The van der Waals surface area contributed by atoms with E-state index in [1.54, 1.807) is 18.3 Å². The molecular weight excluding hydrogens is 350 g/mol. The lowest BCUT2D eigenvalue weighted by Gasteiger charge is -2.33. The Bertz CT molecular complexity index is 897. The van der Waals surface area contributed by atoms with Crippen LogP contribution in [0.15, 0.2) is 30.6 Å². The monoisotopic (exact) mass is 369 g/mol. The summed E-state index contributed by atoms with van der Waals surface area (Å²) in [5.41, 5.74) is 4.71. The van der Waals surface area contributed by atoms with Crippen LogP contribution in [0.3, 0.4) is 0 Å². The highest BCUT2D eigenvalue weighted by Gasteiger charge is 2.30. The smallest absolute Gasteiger partial charge is 0.258 e. The first-order chi connectivity index (χ1) is 12.5. The number of pyridine rings is 1. The molecular formula is C20H20ClN3O2. The van der Waals surface area contributed by atoms with E-state index in [2.05, 4.69) is 10.3 Å². The lowest BCUT2D eigenvalue weighted by Crippen LogP contribution is -2.39. The molecule has 1 N–H and O–H groups in total. The third kappa shape index (κ3) is 2.97. The number of anilines is 1. The second-order valence-corrected chi connectivity index (χ2v) is 7.32. The summed E-state index contributed by atoms with van der Waals surface area (Å²) in [5.74, 6) is -0.0622. The van der Waals surface area contributed by atoms with Gasteiger partial charge in [0.15, 0.2) is 0 Å². The first-order valence-corrected chi connectivity index (χ1v) is 9.26. The van der Waals surface area contributed by atoms with Crippen molar-refractivity contribution in [2.75, 3.05) is 11.4 Å². The highest BCUT2D eigenvalue weighted by atomic mass is 35.5. The normalized spacial score (nSPS) is 18.9. The number of carbonyl (C=O) groups is 2. The molecule has 0 unspecified atom stereocenters. The summed E-state index contributed by atoms with van der Waals surface area (Å²) < 4.78 is 0. The molecule has 4 rings (SSSR count). The minimum absolute atomic E-state index is 0.0141. The molecule has 1 aliphatic carbocycles. The van der Waals surface area contributed by atoms with Gasteiger partial charge in [-0.3, -0.25) is 14.6 Å². The Kier molecular flexibility index (Phi) is 4.41. The van der Waals surface area contributed by atoms with Gasteiger partial charge in [-0.2, -0.15) is 0 Å². The van der Waals surface area contributed by atoms with Crippen molar-refractivity contribution < 1.29 is 9.59 Å². The molecule has 6 heteroatoms. The first kappa shape index (κ1) is 17.0. The fraction of sp³-hybridized carbons (Fsp3) is 0.350. The fourth-order valence-corrected chi connectivity index (χ4v) is 4.21. The van der Waals surface area contributed by atoms with Crippen LogP contribution in [0.2, 0.25) is 5.02 Å². The number of nitrogens with zero attached hydrogens (tertiary/aromatic N) is 2. The van der Waals surface area contributed by atoms with Crippen molar-refractivity contribution in [3.8, 4) is 0 Å². The van der Waals surface area contributed by atoms with Gasteiger partial charge in [-0.05, 0) is 60.6 Å². The lowest BCUT2D eigenvalue weighted by atomic mass is 9.87. The van der Waals surface area contributed by atoms with Gasteiger partial charge < -0.3 is 10.2 Å². The molecule has 1 aliphatic heterocycles. The maximum atomic E-state index is 13.1. The fourth-order valence-electron chi connectivity index (χ4n) is 4.02. The van der Waals surface area contributed by atoms with Gasteiger partial charge in [-0.1, -0.05) is 11.6 Å². The van der Waals surface area contributed by atoms with Gasteiger partial charge in [0.05, 0.1) is 17.9 Å². The second kappa shape index (κ2) is 6.72. The molecule has 0 radical (unpaired) electrons. The summed E-state index contributed by atoms with van der Waals surface area (Å²) in [7, 11) is 0. The standard InChI is InChI=1S/C20H20ClN3O2/c1-12(25)23-18-4-2-3-16-17(18)10-22-11-19(16)24-8-7-13-9-14(21)5-6-15(13)20(24)26/h5-6,9-11,18H,2-4,7-8H2,1H3,(H,23,25)/t18-/m1/s1. The minimum Gasteiger partial charge on any atom is -0.349 e. The number of benzene rings is 1. The maximum absolute atomic E-state index is 13.1. The molecule has 0 spiro atoms. The van der Waals surface area contributed by atoms with Crippen molar-refractivity contribution in [3.05, 3.63) is 57.9 Å². The Morgan fingerprint density at radius 3 is 2.96 bits per heavy atom. The molecule has 134 valence electrons. The van der Waals surface area contributed by atoms with Gasteiger partial charge in [-0.25, -0.2) is 0 Å².